The van der Waals surface area contributed by atoms with E-state index in [9.17, 15) is 4.79 Å². The Labute approximate surface area is 91.3 Å². The molecule has 0 aromatic carbocycles. The van der Waals surface area contributed by atoms with Gasteiger partial charge < -0.3 is 14.8 Å². The summed E-state index contributed by atoms with van der Waals surface area (Å²) in [5.41, 5.74) is 0.0747. The molecule has 1 fully saturated rings. The minimum Gasteiger partial charge on any atom is -0.469 e. The number of methoxy groups -OCH3 is 2. The number of hydrogen-bond acceptors (Lipinski definition) is 4. The molecule has 1 aliphatic carbocycles. The van der Waals surface area contributed by atoms with Crippen LogP contribution in [-0.4, -0.2) is 38.9 Å². The van der Waals surface area contributed by atoms with Crippen molar-refractivity contribution >= 4 is 5.97 Å². The van der Waals surface area contributed by atoms with Crippen molar-refractivity contribution in [3.8, 4) is 0 Å². The van der Waals surface area contributed by atoms with Crippen molar-refractivity contribution in [2.75, 3.05) is 27.3 Å². The van der Waals surface area contributed by atoms with E-state index in [4.69, 9.17) is 4.74 Å². The molecule has 0 unspecified atom stereocenters. The highest BCUT2D eigenvalue weighted by molar-refractivity contribution is 5.69. The number of esters is 1. The third kappa shape index (κ3) is 3.80. The van der Waals surface area contributed by atoms with E-state index in [2.05, 4.69) is 10.1 Å². The van der Waals surface area contributed by atoms with Crippen LogP contribution < -0.4 is 5.32 Å². The molecule has 0 spiro atoms. The molecule has 0 amide bonds. The summed E-state index contributed by atoms with van der Waals surface area (Å²) in [6.45, 7) is 1.74. The molecule has 4 heteroatoms. The monoisotopic (exact) mass is 215 g/mol. The summed E-state index contributed by atoms with van der Waals surface area (Å²) < 4.78 is 10.0. The van der Waals surface area contributed by atoms with Crippen LogP contribution in [-0.2, 0) is 14.3 Å². The largest absolute Gasteiger partial charge is 0.469 e. The van der Waals surface area contributed by atoms with Gasteiger partial charge in [0, 0.05) is 20.1 Å². The predicted molar refractivity (Wildman–Crippen MR) is 57.7 cm³/mol. The number of ether oxygens (including phenoxy) is 2. The van der Waals surface area contributed by atoms with Crippen molar-refractivity contribution in [1.82, 2.24) is 5.32 Å². The smallest absolute Gasteiger partial charge is 0.305 e. The first-order valence-electron chi connectivity index (χ1n) is 5.55. The standard InChI is InChI=1S/C11H21NO3/c1-14-10(13)5-3-8-12-9-11(15-2)6-4-7-11/h12H,3-9H2,1-2H3. The average molecular weight is 215 g/mol. The lowest BCUT2D eigenvalue weighted by atomic mass is 9.80. The highest BCUT2D eigenvalue weighted by Gasteiger charge is 2.36. The van der Waals surface area contributed by atoms with E-state index in [1.807, 2.05) is 0 Å². The number of carbonyl (C=O) groups excluding carboxylic acids is 1. The third-order valence-electron chi connectivity index (χ3n) is 3.11. The fourth-order valence-corrected chi connectivity index (χ4v) is 1.80. The molecule has 0 heterocycles. The van der Waals surface area contributed by atoms with E-state index in [0.29, 0.717) is 6.42 Å². The molecule has 0 radical (unpaired) electrons. The van der Waals surface area contributed by atoms with Crippen molar-refractivity contribution in [1.29, 1.82) is 0 Å². The second-order valence-corrected chi connectivity index (χ2v) is 4.10. The van der Waals surface area contributed by atoms with Crippen LogP contribution in [0.1, 0.15) is 32.1 Å². The molecule has 0 aromatic rings. The number of rotatable bonds is 7. The van der Waals surface area contributed by atoms with Gasteiger partial charge in [-0.15, -0.1) is 0 Å². The van der Waals surface area contributed by atoms with Crippen LogP contribution in [0.3, 0.4) is 0 Å². The molecule has 4 nitrogen and oxygen atoms in total. The minimum absolute atomic E-state index is 0.0747. The van der Waals surface area contributed by atoms with Crippen molar-refractivity contribution in [3.05, 3.63) is 0 Å². The quantitative estimate of drug-likeness (QED) is 0.510. The number of hydrogen-bond donors (Lipinski definition) is 1. The van der Waals surface area contributed by atoms with Crippen molar-refractivity contribution in [3.63, 3.8) is 0 Å². The van der Waals surface area contributed by atoms with Crippen molar-refractivity contribution < 1.29 is 14.3 Å². The van der Waals surface area contributed by atoms with Crippen LogP contribution in [0, 0.1) is 0 Å². The van der Waals surface area contributed by atoms with Gasteiger partial charge in [-0.25, -0.2) is 0 Å². The second kappa shape index (κ2) is 6.08. The molecule has 0 aliphatic heterocycles. The SMILES string of the molecule is COC(=O)CCCNCC1(OC)CCC1. The lowest BCUT2D eigenvalue weighted by Crippen LogP contribution is -2.48. The molecular formula is C11H21NO3. The summed E-state index contributed by atoms with van der Waals surface area (Å²) in [6, 6.07) is 0. The summed E-state index contributed by atoms with van der Waals surface area (Å²) in [7, 11) is 3.19. The van der Waals surface area contributed by atoms with E-state index in [-0.39, 0.29) is 11.6 Å². The summed E-state index contributed by atoms with van der Waals surface area (Å²) in [5.74, 6) is -0.137. The van der Waals surface area contributed by atoms with Gasteiger partial charge in [-0.05, 0) is 32.2 Å². The Morgan fingerprint density at radius 2 is 2.13 bits per heavy atom. The molecule has 0 bridgehead atoms. The Kier molecular flexibility index (Phi) is 5.05. The Morgan fingerprint density at radius 1 is 1.40 bits per heavy atom. The second-order valence-electron chi connectivity index (χ2n) is 4.10. The first kappa shape index (κ1) is 12.5. The lowest BCUT2D eigenvalue weighted by molar-refractivity contribution is -0.140. The highest BCUT2D eigenvalue weighted by Crippen LogP contribution is 2.34. The van der Waals surface area contributed by atoms with E-state index >= 15 is 0 Å². The first-order valence-corrected chi connectivity index (χ1v) is 5.55. The third-order valence-corrected chi connectivity index (χ3v) is 3.11. The Hall–Kier alpha value is -0.610. The Bertz CT molecular complexity index is 196. The van der Waals surface area contributed by atoms with Crippen LogP contribution in [0.4, 0.5) is 0 Å². The molecule has 88 valence electrons. The molecule has 0 saturated heterocycles. The van der Waals surface area contributed by atoms with E-state index < -0.39 is 0 Å². The Morgan fingerprint density at radius 3 is 2.60 bits per heavy atom. The Balaban J connectivity index is 1.99. The summed E-state index contributed by atoms with van der Waals surface area (Å²) in [4.78, 5) is 10.8. The normalized spacial score (nSPS) is 18.3. The van der Waals surface area contributed by atoms with Crippen LogP contribution in [0.15, 0.2) is 0 Å². The maximum atomic E-state index is 10.8. The van der Waals surface area contributed by atoms with Crippen molar-refractivity contribution in [2.24, 2.45) is 0 Å². The molecule has 1 aliphatic rings. The van der Waals surface area contributed by atoms with Gasteiger partial charge in [-0.3, -0.25) is 4.79 Å². The molecule has 1 rings (SSSR count). The van der Waals surface area contributed by atoms with Gasteiger partial charge in [0.1, 0.15) is 0 Å². The molecule has 1 N–H and O–H groups in total. The zero-order valence-corrected chi connectivity index (χ0v) is 9.67. The summed E-state index contributed by atoms with van der Waals surface area (Å²) >= 11 is 0. The fraction of sp³-hybridized carbons (Fsp3) is 0.909. The predicted octanol–water partition coefficient (Wildman–Crippen LogP) is 1.10. The minimum atomic E-state index is -0.137. The van der Waals surface area contributed by atoms with Gasteiger partial charge in [0.15, 0.2) is 0 Å². The molecule has 1 saturated carbocycles. The van der Waals surface area contributed by atoms with Gasteiger partial charge in [-0.2, -0.15) is 0 Å². The van der Waals surface area contributed by atoms with Crippen LogP contribution in [0.5, 0.6) is 0 Å². The van der Waals surface area contributed by atoms with E-state index in [0.717, 1.165) is 32.4 Å². The van der Waals surface area contributed by atoms with Gasteiger partial charge in [0.25, 0.3) is 0 Å². The fourth-order valence-electron chi connectivity index (χ4n) is 1.80. The summed E-state index contributed by atoms with van der Waals surface area (Å²) in [5, 5.41) is 3.33. The molecule has 0 atom stereocenters. The van der Waals surface area contributed by atoms with E-state index in [1.165, 1.54) is 13.5 Å². The molecule has 0 aromatic heterocycles. The zero-order valence-electron chi connectivity index (χ0n) is 9.67. The van der Waals surface area contributed by atoms with Gasteiger partial charge >= 0.3 is 5.97 Å². The number of carbonyl (C=O) groups is 1. The van der Waals surface area contributed by atoms with Crippen LogP contribution in [0.25, 0.3) is 0 Å². The molecule has 15 heavy (non-hydrogen) atoms. The topological polar surface area (TPSA) is 47.6 Å². The highest BCUT2D eigenvalue weighted by atomic mass is 16.5. The van der Waals surface area contributed by atoms with Crippen LogP contribution >= 0.6 is 0 Å². The van der Waals surface area contributed by atoms with Gasteiger partial charge in [0.2, 0.25) is 0 Å². The van der Waals surface area contributed by atoms with Crippen LogP contribution in [0.2, 0.25) is 0 Å². The number of nitrogens with one attached hydrogen (secondary N) is 1. The average Bonchev–Trinajstić information content (AvgIpc) is 2.20. The molecular weight excluding hydrogens is 194 g/mol. The first-order chi connectivity index (χ1) is 7.22. The van der Waals surface area contributed by atoms with Gasteiger partial charge in [0.05, 0.1) is 12.7 Å². The van der Waals surface area contributed by atoms with E-state index in [1.54, 1.807) is 7.11 Å². The maximum Gasteiger partial charge on any atom is 0.305 e. The maximum absolute atomic E-state index is 10.8. The zero-order chi connectivity index (χ0) is 11.1. The van der Waals surface area contributed by atoms with Gasteiger partial charge in [-0.1, -0.05) is 0 Å². The summed E-state index contributed by atoms with van der Waals surface area (Å²) in [6.07, 6.45) is 4.87. The van der Waals surface area contributed by atoms with Crippen molar-refractivity contribution in [2.45, 2.75) is 37.7 Å². The lowest BCUT2D eigenvalue weighted by Gasteiger charge is -2.40.